The Bertz CT molecular complexity index is 508. The zero-order chi connectivity index (χ0) is 15.2. The highest BCUT2D eigenvalue weighted by Gasteiger charge is 2.29. The molecule has 3 N–H and O–H groups in total. The van der Waals surface area contributed by atoms with Gasteiger partial charge in [0, 0.05) is 0 Å². The quantitative estimate of drug-likeness (QED) is 0.650. The minimum atomic E-state index is -3.80. The molecule has 1 aromatic carbocycles. The Hall–Kier alpha value is -1.15. The zero-order valence-corrected chi connectivity index (χ0v) is 12.5. The van der Waals surface area contributed by atoms with Gasteiger partial charge in [-0.1, -0.05) is 6.92 Å². The van der Waals surface area contributed by atoms with Gasteiger partial charge in [0.05, 0.1) is 30.3 Å². The first kappa shape index (κ1) is 16.9. The standard InChI is InChI=1S/C13H21NO5S/c1-3-8-19-11-4-6-12(7-5-11)20(17,18)14-13(2,9-15)10-16/h4-7,14-16H,3,8-10H2,1-2H3. The van der Waals surface area contributed by atoms with Gasteiger partial charge >= 0.3 is 0 Å². The molecule has 0 spiro atoms. The number of ether oxygens (including phenoxy) is 1. The van der Waals surface area contributed by atoms with Gasteiger partial charge in [-0.3, -0.25) is 0 Å². The van der Waals surface area contributed by atoms with Gasteiger partial charge < -0.3 is 14.9 Å². The van der Waals surface area contributed by atoms with Crippen LogP contribution in [0.5, 0.6) is 5.75 Å². The summed E-state index contributed by atoms with van der Waals surface area (Å²) in [5, 5.41) is 18.3. The van der Waals surface area contributed by atoms with Crippen LogP contribution in [0.3, 0.4) is 0 Å². The lowest BCUT2D eigenvalue weighted by Gasteiger charge is -2.25. The number of sulfonamides is 1. The number of aliphatic hydroxyl groups excluding tert-OH is 2. The Morgan fingerprint density at radius 3 is 2.20 bits per heavy atom. The van der Waals surface area contributed by atoms with Crippen LogP contribution in [-0.2, 0) is 10.0 Å². The fourth-order valence-corrected chi connectivity index (χ4v) is 2.82. The molecule has 114 valence electrons. The maximum Gasteiger partial charge on any atom is 0.241 e. The van der Waals surface area contributed by atoms with E-state index in [1.54, 1.807) is 12.1 Å². The molecule has 0 heterocycles. The highest BCUT2D eigenvalue weighted by molar-refractivity contribution is 7.89. The lowest BCUT2D eigenvalue weighted by atomic mass is 10.1. The summed E-state index contributed by atoms with van der Waals surface area (Å²) in [6.07, 6.45) is 0.868. The third-order valence-electron chi connectivity index (χ3n) is 2.69. The van der Waals surface area contributed by atoms with Crippen LogP contribution >= 0.6 is 0 Å². The Balaban J connectivity index is 2.88. The van der Waals surface area contributed by atoms with E-state index in [1.165, 1.54) is 19.1 Å². The van der Waals surface area contributed by atoms with Crippen LogP contribution in [-0.4, -0.2) is 44.0 Å². The molecule has 0 aliphatic carbocycles. The van der Waals surface area contributed by atoms with Crippen molar-refractivity contribution in [3.63, 3.8) is 0 Å². The van der Waals surface area contributed by atoms with E-state index in [1.807, 2.05) is 6.92 Å². The topological polar surface area (TPSA) is 95.9 Å². The van der Waals surface area contributed by atoms with Crippen molar-refractivity contribution in [2.45, 2.75) is 30.7 Å². The third kappa shape index (κ3) is 4.45. The van der Waals surface area contributed by atoms with Crippen molar-refractivity contribution in [1.82, 2.24) is 4.72 Å². The van der Waals surface area contributed by atoms with Crippen molar-refractivity contribution >= 4 is 10.0 Å². The smallest absolute Gasteiger partial charge is 0.241 e. The number of nitrogens with one attached hydrogen (secondary N) is 1. The summed E-state index contributed by atoms with van der Waals surface area (Å²) in [6.45, 7) is 2.97. The molecule has 0 saturated carbocycles. The summed E-state index contributed by atoms with van der Waals surface area (Å²) < 4.78 is 31.9. The third-order valence-corrected chi connectivity index (χ3v) is 4.34. The van der Waals surface area contributed by atoms with Crippen LogP contribution in [0.4, 0.5) is 0 Å². The lowest BCUT2D eigenvalue weighted by molar-refractivity contribution is 0.122. The molecule has 0 aliphatic rings. The zero-order valence-electron chi connectivity index (χ0n) is 11.7. The minimum Gasteiger partial charge on any atom is -0.494 e. The van der Waals surface area contributed by atoms with Crippen LogP contribution in [0.15, 0.2) is 29.2 Å². The molecule has 0 bridgehead atoms. The molecule has 0 aliphatic heterocycles. The second-order valence-corrected chi connectivity index (χ2v) is 6.48. The fraction of sp³-hybridized carbons (Fsp3) is 0.538. The van der Waals surface area contributed by atoms with Crippen molar-refractivity contribution < 1.29 is 23.4 Å². The van der Waals surface area contributed by atoms with Crippen molar-refractivity contribution in [2.75, 3.05) is 19.8 Å². The Morgan fingerprint density at radius 2 is 1.75 bits per heavy atom. The van der Waals surface area contributed by atoms with Gasteiger partial charge in [-0.2, -0.15) is 0 Å². The Kier molecular flexibility index (Phi) is 5.94. The molecular formula is C13H21NO5S. The molecule has 0 atom stereocenters. The van der Waals surface area contributed by atoms with Crippen LogP contribution in [0, 0.1) is 0 Å². The summed E-state index contributed by atoms with van der Waals surface area (Å²) in [4.78, 5) is 0.0504. The summed E-state index contributed by atoms with van der Waals surface area (Å²) >= 11 is 0. The van der Waals surface area contributed by atoms with Gasteiger partial charge in [0.15, 0.2) is 0 Å². The number of benzene rings is 1. The molecule has 20 heavy (non-hydrogen) atoms. The van der Waals surface area contributed by atoms with E-state index < -0.39 is 28.8 Å². The van der Waals surface area contributed by atoms with Gasteiger partial charge in [-0.05, 0) is 37.6 Å². The van der Waals surface area contributed by atoms with E-state index in [-0.39, 0.29) is 4.90 Å². The van der Waals surface area contributed by atoms with E-state index in [0.717, 1.165) is 6.42 Å². The predicted octanol–water partition coefficient (Wildman–Crippen LogP) is 0.497. The van der Waals surface area contributed by atoms with Crippen molar-refractivity contribution in [2.24, 2.45) is 0 Å². The van der Waals surface area contributed by atoms with Gasteiger partial charge in [0.25, 0.3) is 0 Å². The van der Waals surface area contributed by atoms with Gasteiger partial charge in [-0.15, -0.1) is 0 Å². The van der Waals surface area contributed by atoms with Crippen molar-refractivity contribution in [1.29, 1.82) is 0 Å². The Labute approximate surface area is 119 Å². The van der Waals surface area contributed by atoms with Gasteiger partial charge in [0.2, 0.25) is 10.0 Å². The highest BCUT2D eigenvalue weighted by Crippen LogP contribution is 2.17. The first-order chi connectivity index (χ1) is 9.37. The van der Waals surface area contributed by atoms with Crippen molar-refractivity contribution in [3.8, 4) is 5.75 Å². The maximum absolute atomic E-state index is 12.1. The number of hydrogen-bond donors (Lipinski definition) is 3. The van der Waals surface area contributed by atoms with E-state index in [9.17, 15) is 8.42 Å². The second kappa shape index (κ2) is 7.03. The van der Waals surface area contributed by atoms with Crippen LogP contribution in [0.1, 0.15) is 20.3 Å². The van der Waals surface area contributed by atoms with Gasteiger partial charge in [0.1, 0.15) is 5.75 Å². The molecule has 6 nitrogen and oxygen atoms in total. The summed E-state index contributed by atoms with van der Waals surface area (Å²) in [6, 6.07) is 5.98. The van der Waals surface area contributed by atoms with E-state index in [4.69, 9.17) is 14.9 Å². The molecular weight excluding hydrogens is 282 g/mol. The maximum atomic E-state index is 12.1. The molecule has 0 radical (unpaired) electrons. The molecule has 1 rings (SSSR count). The summed E-state index contributed by atoms with van der Waals surface area (Å²) in [5.41, 5.74) is -1.30. The van der Waals surface area contributed by atoms with Crippen molar-refractivity contribution in [3.05, 3.63) is 24.3 Å². The molecule has 0 aromatic heterocycles. The largest absolute Gasteiger partial charge is 0.494 e. The van der Waals surface area contributed by atoms with Crippen LogP contribution in [0.25, 0.3) is 0 Å². The fourth-order valence-electron chi connectivity index (χ4n) is 1.43. The molecule has 0 amide bonds. The summed E-state index contributed by atoms with van der Waals surface area (Å²) in [7, 11) is -3.80. The first-order valence-electron chi connectivity index (χ1n) is 6.35. The predicted molar refractivity (Wildman–Crippen MR) is 75.1 cm³/mol. The van der Waals surface area contributed by atoms with Gasteiger partial charge in [-0.25, -0.2) is 13.1 Å². The normalized spacial score (nSPS) is 12.4. The molecule has 0 fully saturated rings. The lowest BCUT2D eigenvalue weighted by Crippen LogP contribution is -2.51. The highest BCUT2D eigenvalue weighted by atomic mass is 32.2. The molecule has 1 aromatic rings. The number of hydrogen-bond acceptors (Lipinski definition) is 5. The first-order valence-corrected chi connectivity index (χ1v) is 7.84. The average Bonchev–Trinajstić information content (AvgIpc) is 2.45. The summed E-state index contributed by atoms with van der Waals surface area (Å²) in [5.74, 6) is 0.595. The van der Waals surface area contributed by atoms with E-state index >= 15 is 0 Å². The van der Waals surface area contributed by atoms with E-state index in [2.05, 4.69) is 4.72 Å². The van der Waals surface area contributed by atoms with E-state index in [0.29, 0.717) is 12.4 Å². The molecule has 0 unspecified atom stereocenters. The molecule has 7 heteroatoms. The monoisotopic (exact) mass is 303 g/mol. The second-order valence-electron chi connectivity index (χ2n) is 4.80. The number of aliphatic hydroxyl groups is 2. The SMILES string of the molecule is CCCOc1ccc(S(=O)(=O)NC(C)(CO)CO)cc1. The van der Waals surface area contributed by atoms with Crippen LogP contribution in [0.2, 0.25) is 0 Å². The molecule has 0 saturated heterocycles. The van der Waals surface area contributed by atoms with Crippen LogP contribution < -0.4 is 9.46 Å². The minimum absolute atomic E-state index is 0.0504. The number of rotatable bonds is 8. The average molecular weight is 303 g/mol. The Morgan fingerprint density at radius 1 is 1.20 bits per heavy atom.